The van der Waals surface area contributed by atoms with Crippen LogP contribution in [0.15, 0.2) is 36.5 Å². The van der Waals surface area contributed by atoms with Crippen molar-refractivity contribution in [2.45, 2.75) is 12.5 Å². The number of hydrogen-bond acceptors (Lipinski definition) is 5. The van der Waals surface area contributed by atoms with Crippen LogP contribution in [0.4, 0.5) is 5.82 Å². The predicted molar refractivity (Wildman–Crippen MR) is 102 cm³/mol. The Bertz CT molecular complexity index is 842. The quantitative estimate of drug-likeness (QED) is 0.786. The Morgan fingerprint density at radius 1 is 1.15 bits per heavy atom. The van der Waals surface area contributed by atoms with Crippen LogP contribution in [0.25, 0.3) is 0 Å². The summed E-state index contributed by atoms with van der Waals surface area (Å²) in [6.07, 6.45) is 1.53. The lowest BCUT2D eigenvalue weighted by Gasteiger charge is -2.29. The zero-order valence-corrected chi connectivity index (χ0v) is 16.4. The Balaban J connectivity index is 2.41. The molecule has 1 amide bonds. The SMILES string of the molecule is COC(=O)C(C)(NC(=O)c1ccnc(N(C)C)c1)c1ccc(Cl)c(Cl)c1. The lowest BCUT2D eigenvalue weighted by Crippen LogP contribution is -2.50. The van der Waals surface area contributed by atoms with Crippen molar-refractivity contribution in [3.63, 3.8) is 0 Å². The van der Waals surface area contributed by atoms with Gasteiger partial charge in [-0.3, -0.25) is 4.79 Å². The molecule has 1 atom stereocenters. The fourth-order valence-corrected chi connectivity index (χ4v) is 2.65. The highest BCUT2D eigenvalue weighted by atomic mass is 35.5. The molecule has 0 aliphatic carbocycles. The number of rotatable bonds is 5. The number of pyridine rings is 1. The maximum absolute atomic E-state index is 12.8. The third kappa shape index (κ3) is 4.08. The summed E-state index contributed by atoms with van der Waals surface area (Å²) in [5.74, 6) is -0.465. The molecule has 2 rings (SSSR count). The zero-order chi connectivity index (χ0) is 19.5. The van der Waals surface area contributed by atoms with Crippen LogP contribution in [-0.2, 0) is 15.1 Å². The second kappa shape index (κ2) is 7.93. The fourth-order valence-electron chi connectivity index (χ4n) is 2.36. The summed E-state index contributed by atoms with van der Waals surface area (Å²) in [6, 6.07) is 7.89. The smallest absolute Gasteiger partial charge is 0.336 e. The summed E-state index contributed by atoms with van der Waals surface area (Å²) < 4.78 is 4.89. The summed E-state index contributed by atoms with van der Waals surface area (Å²) in [6.45, 7) is 1.55. The minimum absolute atomic E-state index is 0.271. The second-order valence-corrected chi connectivity index (χ2v) is 6.81. The summed E-state index contributed by atoms with van der Waals surface area (Å²) >= 11 is 12.0. The number of esters is 1. The number of ether oxygens (including phenoxy) is 1. The van der Waals surface area contributed by atoms with Crippen LogP contribution in [0.2, 0.25) is 10.0 Å². The number of nitrogens with one attached hydrogen (secondary N) is 1. The van der Waals surface area contributed by atoms with Crippen LogP contribution in [0.5, 0.6) is 0 Å². The van der Waals surface area contributed by atoms with Gasteiger partial charge < -0.3 is 15.0 Å². The van der Waals surface area contributed by atoms with E-state index in [0.29, 0.717) is 22.0 Å². The molecule has 0 saturated heterocycles. The minimum Gasteiger partial charge on any atom is -0.467 e. The molecule has 2 aromatic rings. The molecular weight excluding hydrogens is 377 g/mol. The maximum atomic E-state index is 12.8. The molecule has 1 aromatic heterocycles. The summed E-state index contributed by atoms with van der Waals surface area (Å²) in [5.41, 5.74) is -0.630. The van der Waals surface area contributed by atoms with Crippen LogP contribution in [0.1, 0.15) is 22.8 Å². The number of benzene rings is 1. The van der Waals surface area contributed by atoms with Crippen molar-refractivity contribution in [2.75, 3.05) is 26.1 Å². The lowest BCUT2D eigenvalue weighted by molar-refractivity contribution is -0.147. The Morgan fingerprint density at radius 2 is 1.85 bits per heavy atom. The van der Waals surface area contributed by atoms with Crippen molar-refractivity contribution in [2.24, 2.45) is 0 Å². The lowest BCUT2D eigenvalue weighted by atomic mass is 9.91. The van der Waals surface area contributed by atoms with Crippen molar-refractivity contribution in [3.8, 4) is 0 Å². The Kier molecular flexibility index (Phi) is 6.10. The Morgan fingerprint density at radius 3 is 2.42 bits per heavy atom. The van der Waals surface area contributed by atoms with E-state index in [2.05, 4.69) is 10.3 Å². The van der Waals surface area contributed by atoms with Gasteiger partial charge in [0, 0.05) is 25.9 Å². The van der Waals surface area contributed by atoms with Crippen LogP contribution < -0.4 is 10.2 Å². The standard InChI is InChI=1S/C18H19Cl2N3O3/c1-18(17(25)26-4,12-5-6-13(19)14(20)10-12)22-16(24)11-7-8-21-15(9-11)23(2)3/h5-10H,1-4H3,(H,22,24). The number of carbonyl (C=O) groups is 2. The molecule has 0 fully saturated rings. The van der Waals surface area contributed by atoms with Gasteiger partial charge in [-0.2, -0.15) is 0 Å². The van der Waals surface area contributed by atoms with Crippen molar-refractivity contribution < 1.29 is 14.3 Å². The molecule has 0 spiro atoms. The van der Waals surface area contributed by atoms with Crippen LogP contribution in [0, 0.1) is 0 Å². The predicted octanol–water partition coefficient (Wildman–Crippen LogP) is 3.27. The van der Waals surface area contributed by atoms with E-state index >= 15 is 0 Å². The number of hydrogen-bond donors (Lipinski definition) is 1. The fraction of sp³-hybridized carbons (Fsp3) is 0.278. The number of amides is 1. The first kappa shape index (κ1) is 20.0. The molecule has 0 aliphatic rings. The first-order valence-electron chi connectivity index (χ1n) is 7.69. The third-order valence-electron chi connectivity index (χ3n) is 3.92. The van der Waals surface area contributed by atoms with E-state index in [1.165, 1.54) is 19.4 Å². The number of aromatic nitrogens is 1. The molecule has 1 N–H and O–H groups in total. The largest absolute Gasteiger partial charge is 0.467 e. The van der Waals surface area contributed by atoms with E-state index in [1.807, 2.05) is 14.1 Å². The van der Waals surface area contributed by atoms with Gasteiger partial charge in [-0.15, -0.1) is 0 Å². The summed E-state index contributed by atoms with van der Waals surface area (Å²) in [5, 5.41) is 3.34. The van der Waals surface area contributed by atoms with Gasteiger partial charge in [0.25, 0.3) is 5.91 Å². The monoisotopic (exact) mass is 395 g/mol. The second-order valence-electron chi connectivity index (χ2n) is 6.00. The van der Waals surface area contributed by atoms with Crippen molar-refractivity contribution in [3.05, 3.63) is 57.7 Å². The van der Waals surface area contributed by atoms with Crippen LogP contribution in [-0.4, -0.2) is 38.1 Å². The minimum atomic E-state index is -1.44. The Labute approximate surface area is 162 Å². The van der Waals surface area contributed by atoms with Gasteiger partial charge in [0.1, 0.15) is 5.82 Å². The average Bonchev–Trinajstić information content (AvgIpc) is 2.63. The molecule has 26 heavy (non-hydrogen) atoms. The van der Waals surface area contributed by atoms with Crippen LogP contribution >= 0.6 is 23.2 Å². The Hall–Kier alpha value is -2.31. The average molecular weight is 396 g/mol. The molecule has 1 heterocycles. The molecule has 6 nitrogen and oxygen atoms in total. The maximum Gasteiger partial charge on any atom is 0.336 e. The molecule has 138 valence electrons. The molecular formula is C18H19Cl2N3O3. The number of carbonyl (C=O) groups excluding carboxylic acids is 2. The third-order valence-corrected chi connectivity index (χ3v) is 4.66. The topological polar surface area (TPSA) is 71.5 Å². The zero-order valence-electron chi connectivity index (χ0n) is 14.8. The van der Waals surface area contributed by atoms with Crippen molar-refractivity contribution >= 4 is 40.9 Å². The van der Waals surface area contributed by atoms with Gasteiger partial charge in [0.05, 0.1) is 17.2 Å². The first-order chi connectivity index (χ1) is 12.2. The molecule has 0 radical (unpaired) electrons. The van der Waals surface area contributed by atoms with Crippen molar-refractivity contribution in [1.29, 1.82) is 0 Å². The van der Waals surface area contributed by atoms with Gasteiger partial charge in [-0.05, 0) is 36.8 Å². The van der Waals surface area contributed by atoms with Crippen molar-refractivity contribution in [1.82, 2.24) is 10.3 Å². The number of halogens is 2. The molecule has 1 unspecified atom stereocenters. The van der Waals surface area contributed by atoms with Gasteiger partial charge in [0.15, 0.2) is 5.54 Å². The first-order valence-corrected chi connectivity index (χ1v) is 8.44. The summed E-state index contributed by atoms with van der Waals surface area (Å²) in [4.78, 5) is 31.1. The van der Waals surface area contributed by atoms with E-state index in [4.69, 9.17) is 27.9 Å². The van der Waals surface area contributed by atoms with E-state index in [-0.39, 0.29) is 5.02 Å². The van der Waals surface area contributed by atoms with E-state index in [1.54, 1.807) is 36.1 Å². The number of anilines is 1. The number of methoxy groups -OCH3 is 1. The van der Waals surface area contributed by atoms with E-state index in [0.717, 1.165) is 0 Å². The van der Waals surface area contributed by atoms with Crippen LogP contribution in [0.3, 0.4) is 0 Å². The highest BCUT2D eigenvalue weighted by molar-refractivity contribution is 6.42. The van der Waals surface area contributed by atoms with Gasteiger partial charge in [-0.25, -0.2) is 9.78 Å². The number of nitrogens with zero attached hydrogens (tertiary/aromatic N) is 2. The highest BCUT2D eigenvalue weighted by Gasteiger charge is 2.38. The molecule has 0 bridgehead atoms. The van der Waals surface area contributed by atoms with E-state index in [9.17, 15) is 9.59 Å². The molecule has 8 heteroatoms. The molecule has 0 aliphatic heterocycles. The normalized spacial score (nSPS) is 12.8. The van der Waals surface area contributed by atoms with E-state index < -0.39 is 17.4 Å². The van der Waals surface area contributed by atoms with Gasteiger partial charge >= 0.3 is 5.97 Å². The molecule has 1 aromatic carbocycles. The highest BCUT2D eigenvalue weighted by Crippen LogP contribution is 2.30. The molecule has 0 saturated carbocycles. The van der Waals surface area contributed by atoms with Gasteiger partial charge in [0.2, 0.25) is 0 Å². The van der Waals surface area contributed by atoms with Gasteiger partial charge in [-0.1, -0.05) is 29.3 Å². The summed E-state index contributed by atoms with van der Waals surface area (Å²) in [7, 11) is 4.89.